The number of Topliss-reactive ketones (excluding diaryl/α,β-unsaturated/α-hetero) is 1. The highest BCUT2D eigenvalue weighted by Gasteiger charge is 2.46. The Bertz CT molecular complexity index is 1150. The van der Waals surface area contributed by atoms with E-state index in [-0.39, 0.29) is 11.2 Å². The molecule has 0 aromatic carbocycles. The van der Waals surface area contributed by atoms with Gasteiger partial charge in [-0.3, -0.25) is 9.69 Å². The van der Waals surface area contributed by atoms with Gasteiger partial charge in [0.15, 0.2) is 10.1 Å². The van der Waals surface area contributed by atoms with Gasteiger partial charge < -0.3 is 5.73 Å². The molecule has 0 amide bonds. The van der Waals surface area contributed by atoms with Gasteiger partial charge in [0, 0.05) is 27.8 Å². The fourth-order valence-corrected chi connectivity index (χ4v) is 7.36. The zero-order valence-corrected chi connectivity index (χ0v) is 20.7. The van der Waals surface area contributed by atoms with Crippen molar-refractivity contribution in [3.63, 3.8) is 0 Å². The van der Waals surface area contributed by atoms with Gasteiger partial charge in [-0.2, -0.15) is 5.26 Å². The number of carbonyl (C=O) groups excluding carboxylic acids is 1. The molecule has 4 rings (SSSR count). The van der Waals surface area contributed by atoms with Gasteiger partial charge in [-0.1, -0.05) is 50.8 Å². The first kappa shape index (κ1) is 22.1. The highest BCUT2D eigenvalue weighted by Crippen LogP contribution is 2.52. The molecule has 1 atom stereocenters. The van der Waals surface area contributed by atoms with Crippen molar-refractivity contribution < 1.29 is 4.79 Å². The lowest BCUT2D eigenvalue weighted by molar-refractivity contribution is -0.118. The largest absolute Gasteiger partial charge is 0.384 e. The lowest BCUT2D eigenvalue weighted by atomic mass is 9.69. The van der Waals surface area contributed by atoms with E-state index < -0.39 is 5.92 Å². The molecule has 2 aromatic heterocycles. The molecule has 31 heavy (non-hydrogen) atoms. The first-order valence-electron chi connectivity index (χ1n) is 10.1. The van der Waals surface area contributed by atoms with Crippen LogP contribution in [-0.2, 0) is 4.79 Å². The summed E-state index contributed by atoms with van der Waals surface area (Å²) < 4.78 is 0.844. The number of rotatable bonds is 4. The molecular formula is C22H25N5OS3. The van der Waals surface area contributed by atoms with Crippen molar-refractivity contribution >= 4 is 45.4 Å². The Morgan fingerprint density at radius 1 is 1.35 bits per heavy atom. The average molecular weight is 472 g/mol. The molecule has 1 aliphatic heterocycles. The van der Waals surface area contributed by atoms with E-state index in [4.69, 9.17) is 5.73 Å². The summed E-state index contributed by atoms with van der Waals surface area (Å²) >= 11 is 4.65. The molecule has 0 fully saturated rings. The van der Waals surface area contributed by atoms with Crippen LogP contribution in [0.5, 0.6) is 0 Å². The van der Waals surface area contributed by atoms with Crippen LogP contribution in [0.4, 0.5) is 5.13 Å². The summed E-state index contributed by atoms with van der Waals surface area (Å²) in [5.74, 6) is 0.00896. The van der Waals surface area contributed by atoms with Crippen molar-refractivity contribution in [3.05, 3.63) is 44.6 Å². The molecule has 0 saturated carbocycles. The Kier molecular flexibility index (Phi) is 5.75. The fourth-order valence-electron chi connectivity index (χ4n) is 4.21. The molecule has 0 unspecified atom stereocenters. The number of nitrogens with zero attached hydrogens (tertiary/aromatic N) is 4. The Morgan fingerprint density at radius 2 is 2.10 bits per heavy atom. The third-order valence-electron chi connectivity index (χ3n) is 5.47. The predicted octanol–water partition coefficient (Wildman–Crippen LogP) is 5.35. The van der Waals surface area contributed by atoms with Crippen molar-refractivity contribution in [2.24, 2.45) is 11.1 Å². The van der Waals surface area contributed by atoms with Gasteiger partial charge in [0.2, 0.25) is 5.13 Å². The molecule has 0 saturated heterocycles. The summed E-state index contributed by atoms with van der Waals surface area (Å²) in [5, 5.41) is 21.8. The maximum atomic E-state index is 13.5. The minimum Gasteiger partial charge on any atom is -0.384 e. The quantitative estimate of drug-likeness (QED) is 0.600. The number of thioether (sulfide) groups is 1. The second kappa shape index (κ2) is 8.08. The number of nitrogens with two attached hydrogens (primary N) is 1. The number of hydrogen-bond donors (Lipinski definition) is 1. The molecular weight excluding hydrogens is 446 g/mol. The van der Waals surface area contributed by atoms with Gasteiger partial charge in [-0.15, -0.1) is 21.5 Å². The van der Waals surface area contributed by atoms with Crippen LogP contribution in [0.15, 0.2) is 38.5 Å². The summed E-state index contributed by atoms with van der Waals surface area (Å²) in [4.78, 5) is 16.3. The summed E-state index contributed by atoms with van der Waals surface area (Å²) in [6.07, 6.45) is 1.13. The molecule has 2 N–H and O–H groups in total. The summed E-state index contributed by atoms with van der Waals surface area (Å²) in [6.45, 7) is 10.4. The molecule has 162 valence electrons. The van der Waals surface area contributed by atoms with Crippen LogP contribution >= 0.6 is 34.4 Å². The van der Waals surface area contributed by atoms with E-state index in [1.807, 2.05) is 23.3 Å². The zero-order chi connectivity index (χ0) is 22.5. The fraction of sp³-hybridized carbons (Fsp3) is 0.455. The van der Waals surface area contributed by atoms with Gasteiger partial charge in [0.25, 0.3) is 0 Å². The van der Waals surface area contributed by atoms with Gasteiger partial charge in [-0.05, 0) is 35.8 Å². The Balaban J connectivity index is 1.93. The van der Waals surface area contributed by atoms with Crippen LogP contribution in [0.1, 0.15) is 56.9 Å². The number of ketones is 1. The van der Waals surface area contributed by atoms with Gasteiger partial charge >= 0.3 is 0 Å². The monoisotopic (exact) mass is 471 g/mol. The molecule has 1 aliphatic carbocycles. The van der Waals surface area contributed by atoms with Crippen molar-refractivity contribution in [2.45, 2.75) is 63.0 Å². The maximum Gasteiger partial charge on any atom is 0.219 e. The van der Waals surface area contributed by atoms with Crippen LogP contribution in [0, 0.1) is 23.7 Å². The minimum atomic E-state index is -0.419. The highest BCUT2D eigenvalue weighted by molar-refractivity contribution is 8.01. The average Bonchev–Trinajstić information content (AvgIpc) is 3.28. The SMILES string of the molecule is Cc1ccsc1[C@H]1C(C#N)=C(N)N(c2nnc(SC(C)C)s2)C2=C1C(=O)CC(C)(C)C2. The van der Waals surface area contributed by atoms with E-state index in [1.54, 1.807) is 23.1 Å². The predicted molar refractivity (Wildman–Crippen MR) is 127 cm³/mol. The lowest BCUT2D eigenvalue weighted by Crippen LogP contribution is -2.42. The Hall–Kier alpha value is -2.15. The minimum absolute atomic E-state index is 0.0793. The third kappa shape index (κ3) is 3.93. The summed E-state index contributed by atoms with van der Waals surface area (Å²) in [6, 6.07) is 4.34. The normalized spacial score (nSPS) is 21.0. The van der Waals surface area contributed by atoms with Crippen LogP contribution in [0.3, 0.4) is 0 Å². The summed E-state index contributed by atoms with van der Waals surface area (Å²) in [5.41, 5.74) is 9.45. The third-order valence-corrected chi connectivity index (χ3v) is 8.55. The second-order valence-electron chi connectivity index (χ2n) is 8.97. The Morgan fingerprint density at radius 3 is 2.71 bits per heavy atom. The number of hydrogen-bond acceptors (Lipinski definition) is 9. The smallest absolute Gasteiger partial charge is 0.219 e. The number of allylic oxidation sites excluding steroid dienone is 3. The molecule has 0 spiro atoms. The second-order valence-corrected chi connectivity index (χ2v) is 12.7. The molecule has 2 aromatic rings. The van der Waals surface area contributed by atoms with Crippen molar-refractivity contribution in [3.8, 4) is 6.07 Å². The van der Waals surface area contributed by atoms with Crippen LogP contribution in [0.2, 0.25) is 0 Å². The standard InChI is InChI=1S/C22H25N5OS3/c1-11(2)30-21-26-25-20(31-21)27-14-8-22(4,5)9-15(28)17(14)16(13(10-23)19(27)24)18-12(3)6-7-29-18/h6-7,11,16H,8-9,24H2,1-5H3/t16-/m0/s1. The molecule has 6 nitrogen and oxygen atoms in total. The number of anilines is 1. The lowest BCUT2D eigenvalue weighted by Gasteiger charge is -2.42. The van der Waals surface area contributed by atoms with Crippen molar-refractivity contribution in [2.75, 3.05) is 4.90 Å². The number of aromatic nitrogens is 2. The van der Waals surface area contributed by atoms with E-state index in [0.29, 0.717) is 40.2 Å². The van der Waals surface area contributed by atoms with Crippen LogP contribution in [0.25, 0.3) is 0 Å². The summed E-state index contributed by atoms with van der Waals surface area (Å²) in [7, 11) is 0. The van der Waals surface area contributed by atoms with E-state index >= 15 is 0 Å². The highest BCUT2D eigenvalue weighted by atomic mass is 32.2. The number of carbonyl (C=O) groups is 1. The van der Waals surface area contributed by atoms with Gasteiger partial charge in [0.1, 0.15) is 5.82 Å². The van der Waals surface area contributed by atoms with E-state index in [0.717, 1.165) is 20.5 Å². The first-order valence-corrected chi connectivity index (χ1v) is 12.7. The topological polar surface area (TPSA) is 95.9 Å². The number of aryl methyl sites for hydroxylation is 1. The zero-order valence-electron chi connectivity index (χ0n) is 18.2. The van der Waals surface area contributed by atoms with E-state index in [2.05, 4.69) is 44.0 Å². The first-order chi connectivity index (χ1) is 14.6. The maximum absolute atomic E-state index is 13.5. The van der Waals surface area contributed by atoms with E-state index in [1.165, 1.54) is 11.3 Å². The van der Waals surface area contributed by atoms with Gasteiger partial charge in [0.05, 0.1) is 17.6 Å². The van der Waals surface area contributed by atoms with Crippen molar-refractivity contribution in [1.29, 1.82) is 5.26 Å². The van der Waals surface area contributed by atoms with Crippen molar-refractivity contribution in [1.82, 2.24) is 10.2 Å². The molecule has 3 heterocycles. The van der Waals surface area contributed by atoms with Crippen LogP contribution in [-0.4, -0.2) is 21.2 Å². The Labute approximate surface area is 194 Å². The molecule has 2 aliphatic rings. The number of nitriles is 1. The van der Waals surface area contributed by atoms with Crippen LogP contribution < -0.4 is 10.6 Å². The van der Waals surface area contributed by atoms with E-state index in [9.17, 15) is 10.1 Å². The molecule has 0 bridgehead atoms. The van der Waals surface area contributed by atoms with Gasteiger partial charge in [-0.25, -0.2) is 0 Å². The molecule has 9 heteroatoms. The number of thiophene rings is 1. The molecule has 0 radical (unpaired) electrons.